The number of carbonyl (C=O) groups is 2. The van der Waals surface area contributed by atoms with Crippen molar-refractivity contribution in [2.24, 2.45) is 0 Å². The summed E-state index contributed by atoms with van der Waals surface area (Å²) >= 11 is 16.5. The largest absolute Gasteiger partial charge is 0.335 e. The van der Waals surface area contributed by atoms with E-state index in [1.54, 1.807) is 47.0 Å². The highest BCUT2D eigenvalue weighted by molar-refractivity contribution is 7.80. The van der Waals surface area contributed by atoms with E-state index in [1.165, 1.54) is 11.0 Å². The lowest BCUT2D eigenvalue weighted by atomic mass is 10.1. The number of rotatable bonds is 4. The first-order valence-corrected chi connectivity index (χ1v) is 9.09. The summed E-state index contributed by atoms with van der Waals surface area (Å²) in [6.45, 7) is 4.22. The Morgan fingerprint density at radius 2 is 1.85 bits per heavy atom. The molecule has 0 saturated carbocycles. The van der Waals surface area contributed by atoms with Gasteiger partial charge >= 0.3 is 0 Å². The third kappa shape index (κ3) is 3.90. The van der Waals surface area contributed by atoms with Crippen LogP contribution in [0.1, 0.15) is 5.56 Å². The van der Waals surface area contributed by atoms with E-state index in [0.717, 1.165) is 0 Å². The fourth-order valence-electron chi connectivity index (χ4n) is 2.59. The van der Waals surface area contributed by atoms with Gasteiger partial charge in [-0.3, -0.25) is 19.8 Å². The summed E-state index contributed by atoms with van der Waals surface area (Å²) in [7, 11) is 0. The Labute approximate surface area is 171 Å². The van der Waals surface area contributed by atoms with Gasteiger partial charge < -0.3 is 4.57 Å². The molecule has 0 spiro atoms. The number of amides is 2. The molecule has 3 rings (SSSR count). The number of halogens is 1. The summed E-state index contributed by atoms with van der Waals surface area (Å²) in [5, 5.41) is 3.08. The second-order valence-corrected chi connectivity index (χ2v) is 6.85. The van der Waals surface area contributed by atoms with Gasteiger partial charge in [0.2, 0.25) is 0 Å². The molecule has 2 aromatic rings. The zero-order valence-corrected chi connectivity index (χ0v) is 16.4. The Balaban J connectivity index is 2.05. The summed E-state index contributed by atoms with van der Waals surface area (Å²) in [6, 6.07) is 10.1. The van der Waals surface area contributed by atoms with Crippen LogP contribution < -0.4 is 10.2 Å². The number of hydrogen-bond donors (Lipinski definition) is 1. The summed E-state index contributed by atoms with van der Waals surface area (Å²) in [4.78, 5) is 26.6. The molecule has 1 aliphatic heterocycles. The number of carbonyl (C=O) groups excluding carboxylic acids is 2. The van der Waals surface area contributed by atoms with Crippen molar-refractivity contribution in [1.82, 2.24) is 9.88 Å². The molecule has 0 unspecified atom stereocenters. The first-order valence-electron chi connectivity index (χ1n) is 7.89. The van der Waals surface area contributed by atoms with Crippen molar-refractivity contribution in [1.29, 1.82) is 0 Å². The van der Waals surface area contributed by atoms with Gasteiger partial charge in [-0.15, -0.1) is 6.58 Å². The normalized spacial score (nSPS) is 15.8. The highest BCUT2D eigenvalue weighted by Gasteiger charge is 2.34. The van der Waals surface area contributed by atoms with Crippen molar-refractivity contribution >= 4 is 64.7 Å². The van der Waals surface area contributed by atoms with Crippen LogP contribution in [0.4, 0.5) is 5.69 Å². The summed E-state index contributed by atoms with van der Waals surface area (Å²) < 4.78 is 2.29. The van der Waals surface area contributed by atoms with E-state index in [9.17, 15) is 9.59 Å². The van der Waals surface area contributed by atoms with E-state index < -0.39 is 11.8 Å². The van der Waals surface area contributed by atoms with Gasteiger partial charge in [-0.25, -0.2) is 0 Å². The van der Waals surface area contributed by atoms with Crippen LogP contribution in [-0.2, 0) is 16.1 Å². The first-order chi connectivity index (χ1) is 12.9. The molecule has 8 heteroatoms. The predicted octanol–water partition coefficient (Wildman–Crippen LogP) is 3.89. The molecule has 1 fully saturated rings. The van der Waals surface area contributed by atoms with Crippen LogP contribution in [0, 0.1) is 4.64 Å². The Morgan fingerprint density at radius 3 is 2.52 bits per heavy atom. The standard InChI is InChI=1S/C19H14ClN3O2S2/c1-2-9-22-10-3-4-12(18(22)26)11-15-16(24)21-19(27)23(17(15)25)14-7-5-13(20)6-8-14/h2-8,10-11H,1,9H2,(H,21,24,27)/b15-11-. The molecule has 1 N–H and O–H groups in total. The van der Waals surface area contributed by atoms with Crippen LogP contribution >= 0.6 is 36.0 Å². The van der Waals surface area contributed by atoms with Crippen molar-refractivity contribution in [2.45, 2.75) is 6.54 Å². The number of thiocarbonyl (C=S) groups is 1. The smallest absolute Gasteiger partial charge is 0.270 e. The summed E-state index contributed by atoms with van der Waals surface area (Å²) in [6.07, 6.45) is 5.00. The summed E-state index contributed by atoms with van der Waals surface area (Å²) in [5.74, 6) is -1.09. The molecule has 27 heavy (non-hydrogen) atoms. The number of hydrogen-bond acceptors (Lipinski definition) is 4. The zero-order chi connectivity index (χ0) is 19.6. The molecule has 2 amide bonds. The van der Waals surface area contributed by atoms with Crippen molar-refractivity contribution in [3.05, 3.63) is 76.0 Å². The van der Waals surface area contributed by atoms with Gasteiger partial charge in [0.15, 0.2) is 5.11 Å². The highest BCUT2D eigenvalue weighted by Crippen LogP contribution is 2.23. The monoisotopic (exact) mass is 415 g/mol. The molecule has 1 aliphatic rings. The second-order valence-electron chi connectivity index (χ2n) is 5.64. The average molecular weight is 416 g/mol. The van der Waals surface area contributed by atoms with Crippen LogP contribution in [0.5, 0.6) is 0 Å². The third-order valence-corrected chi connectivity index (χ3v) is 4.87. The predicted molar refractivity (Wildman–Crippen MR) is 113 cm³/mol. The molecule has 5 nitrogen and oxygen atoms in total. The second kappa shape index (κ2) is 7.96. The number of anilines is 1. The molecule has 1 aromatic carbocycles. The van der Waals surface area contributed by atoms with Gasteiger partial charge in [-0.2, -0.15) is 0 Å². The highest BCUT2D eigenvalue weighted by atomic mass is 35.5. The van der Waals surface area contributed by atoms with E-state index in [0.29, 0.717) is 27.5 Å². The number of aromatic nitrogens is 1. The number of allylic oxidation sites excluding steroid dienone is 1. The van der Waals surface area contributed by atoms with Crippen LogP contribution in [0.3, 0.4) is 0 Å². The zero-order valence-electron chi connectivity index (χ0n) is 14.0. The van der Waals surface area contributed by atoms with Crippen molar-refractivity contribution < 1.29 is 9.59 Å². The Hall–Kier alpha value is -2.61. The molecule has 136 valence electrons. The van der Waals surface area contributed by atoms with E-state index in [-0.39, 0.29) is 10.7 Å². The molecule has 0 atom stereocenters. The minimum atomic E-state index is -0.566. The molecule has 0 bridgehead atoms. The van der Waals surface area contributed by atoms with Crippen LogP contribution in [0.25, 0.3) is 6.08 Å². The number of benzene rings is 1. The first kappa shape index (κ1) is 19.2. The SMILES string of the molecule is C=CCn1cccc(/C=C2/C(=O)NC(=S)N(c3ccc(Cl)cc3)C2=O)c1=S. The average Bonchev–Trinajstić information content (AvgIpc) is 2.63. The van der Waals surface area contributed by atoms with Gasteiger partial charge in [0, 0.05) is 23.3 Å². The van der Waals surface area contributed by atoms with Gasteiger partial charge in [0.25, 0.3) is 11.8 Å². The molecular formula is C19H14ClN3O2S2. The molecule has 0 aliphatic carbocycles. The minimum absolute atomic E-state index is 0.0119. The molecule has 1 saturated heterocycles. The van der Waals surface area contributed by atoms with Gasteiger partial charge in [-0.1, -0.05) is 36.0 Å². The lowest BCUT2D eigenvalue weighted by Crippen LogP contribution is -2.54. The van der Waals surface area contributed by atoms with Crippen molar-refractivity contribution in [3.63, 3.8) is 0 Å². The number of pyridine rings is 1. The number of nitrogens with one attached hydrogen (secondary N) is 1. The van der Waals surface area contributed by atoms with Crippen LogP contribution in [0.15, 0.2) is 60.8 Å². The Morgan fingerprint density at radius 1 is 1.15 bits per heavy atom. The Bertz CT molecular complexity index is 1040. The van der Waals surface area contributed by atoms with Crippen molar-refractivity contribution in [2.75, 3.05) is 4.90 Å². The van der Waals surface area contributed by atoms with Crippen LogP contribution in [-0.4, -0.2) is 21.5 Å². The quantitative estimate of drug-likeness (QED) is 0.356. The molecule has 0 radical (unpaired) electrons. The van der Waals surface area contributed by atoms with Gasteiger partial charge in [-0.05, 0) is 48.6 Å². The topological polar surface area (TPSA) is 54.3 Å². The maximum atomic E-state index is 13.0. The lowest BCUT2D eigenvalue weighted by Gasteiger charge is -2.29. The minimum Gasteiger partial charge on any atom is -0.335 e. The lowest BCUT2D eigenvalue weighted by molar-refractivity contribution is -0.122. The molecule has 2 heterocycles. The third-order valence-electron chi connectivity index (χ3n) is 3.86. The summed E-state index contributed by atoms with van der Waals surface area (Å²) in [5.41, 5.74) is 1.03. The van der Waals surface area contributed by atoms with Gasteiger partial charge in [0.05, 0.1) is 5.69 Å². The molecular weight excluding hydrogens is 402 g/mol. The maximum absolute atomic E-state index is 13.0. The fourth-order valence-corrected chi connectivity index (χ4v) is 3.26. The molecule has 1 aromatic heterocycles. The van der Waals surface area contributed by atoms with E-state index >= 15 is 0 Å². The fraction of sp³-hybridized carbons (Fsp3) is 0.0526. The van der Waals surface area contributed by atoms with E-state index in [1.807, 2.05) is 6.20 Å². The maximum Gasteiger partial charge on any atom is 0.270 e. The Kier molecular flexibility index (Phi) is 5.65. The van der Waals surface area contributed by atoms with Crippen molar-refractivity contribution in [3.8, 4) is 0 Å². The van der Waals surface area contributed by atoms with E-state index in [2.05, 4.69) is 11.9 Å². The van der Waals surface area contributed by atoms with Crippen LogP contribution in [0.2, 0.25) is 5.02 Å². The number of nitrogens with zero attached hydrogens (tertiary/aromatic N) is 2. The van der Waals surface area contributed by atoms with E-state index in [4.69, 9.17) is 36.0 Å². The van der Waals surface area contributed by atoms with Gasteiger partial charge in [0.1, 0.15) is 10.2 Å².